The fraction of sp³-hybridized carbons (Fsp3) is 0.174. The lowest BCUT2D eigenvalue weighted by atomic mass is 9.92. The maximum Gasteiger partial charge on any atom is 0.269 e. The van der Waals surface area contributed by atoms with Crippen molar-refractivity contribution in [3.63, 3.8) is 0 Å². The summed E-state index contributed by atoms with van der Waals surface area (Å²) in [5.41, 5.74) is 3.20. The van der Waals surface area contributed by atoms with Crippen LogP contribution >= 0.6 is 0 Å². The van der Waals surface area contributed by atoms with Gasteiger partial charge < -0.3 is 4.74 Å². The third-order valence-corrected chi connectivity index (χ3v) is 5.66. The van der Waals surface area contributed by atoms with Crippen LogP contribution in [0.4, 0.5) is 5.69 Å². The van der Waals surface area contributed by atoms with Gasteiger partial charge in [0.25, 0.3) is 5.69 Å². The van der Waals surface area contributed by atoms with Crippen molar-refractivity contribution in [1.29, 1.82) is 0 Å². The number of hydrogen-bond acceptors (Lipinski definition) is 5. The number of para-hydroxylation sites is 1. The first-order valence-electron chi connectivity index (χ1n) is 9.51. The molecule has 2 aliphatic heterocycles. The molecule has 0 amide bonds. The number of nitrogens with zero attached hydrogens (tertiary/aromatic N) is 3. The van der Waals surface area contributed by atoms with Crippen molar-refractivity contribution in [2.75, 3.05) is 0 Å². The molecule has 144 valence electrons. The summed E-state index contributed by atoms with van der Waals surface area (Å²) >= 11 is 0. The number of non-ortho nitro benzene ring substituents is 1. The highest BCUT2D eigenvalue weighted by atomic mass is 16.6. The smallest absolute Gasteiger partial charge is 0.269 e. The molecule has 0 saturated carbocycles. The molecule has 0 fully saturated rings. The van der Waals surface area contributed by atoms with Crippen LogP contribution in [0, 0.1) is 10.1 Å². The molecule has 0 unspecified atom stereocenters. The number of benzene rings is 3. The molecule has 2 aliphatic rings. The third-order valence-electron chi connectivity index (χ3n) is 5.66. The Bertz CT molecular complexity index is 1110. The molecule has 0 N–H and O–H groups in total. The predicted octanol–water partition coefficient (Wildman–Crippen LogP) is 5.01. The van der Waals surface area contributed by atoms with Gasteiger partial charge in [0.15, 0.2) is 0 Å². The van der Waals surface area contributed by atoms with E-state index in [1.165, 1.54) is 12.1 Å². The van der Waals surface area contributed by atoms with Gasteiger partial charge in [0.2, 0.25) is 5.72 Å². The maximum absolute atomic E-state index is 11.1. The largest absolute Gasteiger partial charge is 0.462 e. The molecule has 0 radical (unpaired) electrons. The minimum atomic E-state index is -0.870. The standard InChI is InChI=1S/C23H19N3O3/c1-23(17-11-13-18(14-12-17)26(27)28)25-21(19-9-5-6-10-22(19)29-23)15-20(24-25)16-7-3-2-4-8-16/h2-14,21H,15H2,1H3/t21-,23-/m1/s1. The zero-order chi connectivity index (χ0) is 20.0. The Morgan fingerprint density at radius 2 is 1.72 bits per heavy atom. The van der Waals surface area contributed by atoms with E-state index in [0.29, 0.717) is 0 Å². The lowest BCUT2D eigenvalue weighted by Crippen LogP contribution is -2.48. The van der Waals surface area contributed by atoms with E-state index in [2.05, 4.69) is 18.2 Å². The Balaban J connectivity index is 1.63. The van der Waals surface area contributed by atoms with Gasteiger partial charge in [-0.2, -0.15) is 5.10 Å². The summed E-state index contributed by atoms with van der Waals surface area (Å²) in [6.45, 7) is 1.97. The number of nitro groups is 1. The molecule has 0 aliphatic carbocycles. The summed E-state index contributed by atoms with van der Waals surface area (Å²) < 4.78 is 6.45. The van der Waals surface area contributed by atoms with Crippen LogP contribution in [0.5, 0.6) is 5.75 Å². The van der Waals surface area contributed by atoms with Crippen LogP contribution < -0.4 is 4.74 Å². The van der Waals surface area contributed by atoms with E-state index in [-0.39, 0.29) is 11.7 Å². The number of nitro benzene ring substituents is 1. The SMILES string of the molecule is C[C@]1(c2ccc([N+](=O)[O-])cc2)Oc2ccccc2[C@H]2CC(c3ccccc3)=NN21. The van der Waals surface area contributed by atoms with Gasteiger partial charge in [-0.05, 0) is 23.8 Å². The molecule has 0 saturated heterocycles. The summed E-state index contributed by atoms with van der Waals surface area (Å²) in [5.74, 6) is 0.819. The first-order valence-corrected chi connectivity index (χ1v) is 9.51. The summed E-state index contributed by atoms with van der Waals surface area (Å²) in [7, 11) is 0. The van der Waals surface area contributed by atoms with Gasteiger partial charge in [-0.25, -0.2) is 5.01 Å². The van der Waals surface area contributed by atoms with Crippen LogP contribution in [0.2, 0.25) is 0 Å². The monoisotopic (exact) mass is 385 g/mol. The summed E-state index contributed by atoms with van der Waals surface area (Å²) in [5, 5.41) is 18.0. The summed E-state index contributed by atoms with van der Waals surface area (Å²) in [6.07, 6.45) is 0.771. The number of ether oxygens (including phenoxy) is 1. The highest BCUT2D eigenvalue weighted by molar-refractivity contribution is 6.01. The molecule has 5 rings (SSSR count). The molecule has 0 bridgehead atoms. The molecule has 6 heteroatoms. The minimum Gasteiger partial charge on any atom is -0.462 e. The van der Waals surface area contributed by atoms with E-state index in [4.69, 9.17) is 9.84 Å². The molecule has 6 nitrogen and oxygen atoms in total. The second-order valence-electron chi connectivity index (χ2n) is 7.40. The molecule has 0 aromatic heterocycles. The van der Waals surface area contributed by atoms with Gasteiger partial charge in [-0.15, -0.1) is 0 Å². The van der Waals surface area contributed by atoms with Gasteiger partial charge in [-0.1, -0.05) is 48.5 Å². The zero-order valence-electron chi connectivity index (χ0n) is 15.9. The highest BCUT2D eigenvalue weighted by Gasteiger charge is 2.48. The van der Waals surface area contributed by atoms with Gasteiger partial charge in [0.1, 0.15) is 5.75 Å². The maximum atomic E-state index is 11.1. The van der Waals surface area contributed by atoms with Crippen LogP contribution in [0.15, 0.2) is 84.0 Å². The van der Waals surface area contributed by atoms with Gasteiger partial charge in [-0.3, -0.25) is 10.1 Å². The normalized spacial score (nSPS) is 22.3. The van der Waals surface area contributed by atoms with Crippen molar-refractivity contribution in [2.24, 2.45) is 5.10 Å². The quantitative estimate of drug-likeness (QED) is 0.469. The first kappa shape index (κ1) is 17.4. The molecule has 2 atom stereocenters. The third kappa shape index (κ3) is 2.76. The molecule has 29 heavy (non-hydrogen) atoms. The lowest BCUT2D eigenvalue weighted by Gasteiger charge is -2.45. The van der Waals surface area contributed by atoms with Gasteiger partial charge >= 0.3 is 0 Å². The molecule has 0 spiro atoms. The fourth-order valence-electron chi connectivity index (χ4n) is 4.14. The highest BCUT2D eigenvalue weighted by Crippen LogP contribution is 2.50. The van der Waals surface area contributed by atoms with Crippen molar-refractivity contribution >= 4 is 11.4 Å². The van der Waals surface area contributed by atoms with E-state index >= 15 is 0 Å². The molecule has 2 heterocycles. The van der Waals surface area contributed by atoms with E-state index in [1.54, 1.807) is 12.1 Å². The Morgan fingerprint density at radius 1 is 1.03 bits per heavy atom. The van der Waals surface area contributed by atoms with Crippen molar-refractivity contribution in [3.05, 3.63) is 106 Å². The van der Waals surface area contributed by atoms with Crippen molar-refractivity contribution in [1.82, 2.24) is 5.01 Å². The second-order valence-corrected chi connectivity index (χ2v) is 7.40. The fourth-order valence-corrected chi connectivity index (χ4v) is 4.14. The van der Waals surface area contributed by atoms with Crippen LogP contribution in [0.1, 0.15) is 36.1 Å². The van der Waals surface area contributed by atoms with Crippen molar-refractivity contribution < 1.29 is 9.66 Å². The molecular formula is C23H19N3O3. The Labute approximate surface area is 168 Å². The van der Waals surface area contributed by atoms with E-state index in [1.807, 2.05) is 48.3 Å². The Morgan fingerprint density at radius 3 is 2.45 bits per heavy atom. The molecule has 3 aromatic rings. The topological polar surface area (TPSA) is 68.0 Å². The predicted molar refractivity (Wildman–Crippen MR) is 110 cm³/mol. The van der Waals surface area contributed by atoms with Crippen LogP contribution in [-0.4, -0.2) is 15.6 Å². The lowest BCUT2D eigenvalue weighted by molar-refractivity contribution is -0.384. The summed E-state index contributed by atoms with van der Waals surface area (Å²) in [4.78, 5) is 10.7. The van der Waals surface area contributed by atoms with Crippen LogP contribution in [0.25, 0.3) is 0 Å². The minimum absolute atomic E-state index is 0.0374. The van der Waals surface area contributed by atoms with E-state index in [9.17, 15) is 10.1 Å². The number of fused-ring (bicyclic) bond motifs is 3. The Hall–Kier alpha value is -3.67. The Kier molecular flexibility index (Phi) is 3.87. The average molecular weight is 385 g/mol. The first-order chi connectivity index (χ1) is 14.1. The van der Waals surface area contributed by atoms with Crippen LogP contribution in [-0.2, 0) is 5.72 Å². The number of hydrogen-bond donors (Lipinski definition) is 0. The van der Waals surface area contributed by atoms with Gasteiger partial charge in [0.05, 0.1) is 16.7 Å². The molecular weight excluding hydrogens is 366 g/mol. The second kappa shape index (κ2) is 6.44. The summed E-state index contributed by atoms with van der Waals surface area (Å²) in [6, 6.07) is 24.7. The van der Waals surface area contributed by atoms with Crippen LogP contribution in [0.3, 0.4) is 0 Å². The number of hydrazone groups is 1. The van der Waals surface area contributed by atoms with E-state index < -0.39 is 10.6 Å². The van der Waals surface area contributed by atoms with Crippen molar-refractivity contribution in [2.45, 2.75) is 25.1 Å². The van der Waals surface area contributed by atoms with Gasteiger partial charge in [0, 0.05) is 36.6 Å². The van der Waals surface area contributed by atoms with E-state index in [0.717, 1.165) is 34.6 Å². The van der Waals surface area contributed by atoms with Crippen molar-refractivity contribution in [3.8, 4) is 5.75 Å². The number of rotatable bonds is 3. The average Bonchev–Trinajstić information content (AvgIpc) is 3.21. The zero-order valence-corrected chi connectivity index (χ0v) is 15.9. The molecule has 3 aromatic carbocycles.